The topological polar surface area (TPSA) is 57.4 Å². The minimum atomic E-state index is 0.431. The molecule has 0 radical (unpaired) electrons. The number of hydrogen-bond acceptors (Lipinski definition) is 5. The highest BCUT2D eigenvalue weighted by atomic mass is 16.5. The minimum Gasteiger partial charge on any atom is -0.494 e. The molecule has 0 saturated heterocycles. The van der Waals surface area contributed by atoms with E-state index in [9.17, 15) is 0 Å². The molecular formula is C18H18N2O3. The predicted octanol–water partition coefficient (Wildman–Crippen LogP) is 3.97. The summed E-state index contributed by atoms with van der Waals surface area (Å²) in [7, 11) is 0. The molecule has 118 valence electrons. The number of hydrogen-bond donors (Lipinski definition) is 0. The fraction of sp³-hybridized carbons (Fsp3) is 0.222. The zero-order valence-corrected chi connectivity index (χ0v) is 12.7. The van der Waals surface area contributed by atoms with Gasteiger partial charge < -0.3 is 14.0 Å². The van der Waals surface area contributed by atoms with Crippen LogP contribution in [0.3, 0.4) is 0 Å². The molecule has 5 nitrogen and oxygen atoms in total. The summed E-state index contributed by atoms with van der Waals surface area (Å²) in [5, 5.41) is 7.47. The number of rotatable bonds is 8. The van der Waals surface area contributed by atoms with Gasteiger partial charge in [-0.1, -0.05) is 53.6 Å². The molecule has 0 bridgehead atoms. The van der Waals surface area contributed by atoms with E-state index in [1.807, 2.05) is 60.7 Å². The first kappa shape index (κ1) is 15.1. The highest BCUT2D eigenvalue weighted by Gasteiger charge is 2.13. The van der Waals surface area contributed by atoms with Crippen molar-refractivity contribution in [2.75, 3.05) is 13.2 Å². The lowest BCUT2D eigenvalue weighted by Crippen LogP contribution is -2.03. The molecule has 5 heteroatoms. The highest BCUT2D eigenvalue weighted by molar-refractivity contribution is 5.61. The molecule has 3 aromatic rings. The maximum atomic E-state index is 5.66. The quantitative estimate of drug-likeness (QED) is 0.589. The minimum absolute atomic E-state index is 0.431. The van der Waals surface area contributed by atoms with Gasteiger partial charge in [0.2, 0.25) is 5.76 Å². The van der Waals surface area contributed by atoms with E-state index in [1.165, 1.54) is 0 Å². The zero-order chi connectivity index (χ0) is 15.7. The van der Waals surface area contributed by atoms with Crippen LogP contribution < -0.4 is 9.47 Å². The van der Waals surface area contributed by atoms with E-state index in [4.69, 9.17) is 14.0 Å². The monoisotopic (exact) mass is 310 g/mol. The Morgan fingerprint density at radius 1 is 0.783 bits per heavy atom. The molecule has 0 amide bonds. The Hall–Kier alpha value is -2.82. The summed E-state index contributed by atoms with van der Waals surface area (Å²) >= 11 is 0. The molecule has 0 atom stereocenters. The van der Waals surface area contributed by atoms with E-state index in [0.717, 1.165) is 24.2 Å². The Labute approximate surface area is 134 Å². The van der Waals surface area contributed by atoms with Gasteiger partial charge in [-0.3, -0.25) is 0 Å². The lowest BCUT2D eigenvalue weighted by molar-refractivity contribution is 0.261. The summed E-state index contributed by atoms with van der Waals surface area (Å²) < 4.78 is 16.5. The van der Waals surface area contributed by atoms with Gasteiger partial charge in [0.05, 0.1) is 13.2 Å². The average molecular weight is 310 g/mol. The van der Waals surface area contributed by atoms with Gasteiger partial charge >= 0.3 is 0 Å². The smallest absolute Gasteiger partial charge is 0.283 e. The second-order valence-electron chi connectivity index (χ2n) is 4.99. The van der Waals surface area contributed by atoms with Crippen molar-refractivity contribution in [3.8, 4) is 23.0 Å². The van der Waals surface area contributed by atoms with Gasteiger partial charge in [0.15, 0.2) is 0 Å². The van der Waals surface area contributed by atoms with E-state index < -0.39 is 0 Å². The van der Waals surface area contributed by atoms with Crippen molar-refractivity contribution >= 4 is 0 Å². The number of aromatic nitrogens is 2. The molecule has 0 aliphatic heterocycles. The lowest BCUT2D eigenvalue weighted by atomic mass is 10.2. The second kappa shape index (κ2) is 7.98. The fourth-order valence-corrected chi connectivity index (χ4v) is 2.12. The standard InChI is InChI=1S/C18H18N2O3/c1-3-9-15(10-4-1)17-18(19-20-23-17)22-14-8-7-13-21-16-11-5-2-6-12-16/h1-6,9-12H,7-8,13-14H2. The highest BCUT2D eigenvalue weighted by Crippen LogP contribution is 2.27. The molecule has 1 heterocycles. The number of ether oxygens (including phenoxy) is 2. The Balaban J connectivity index is 1.41. The van der Waals surface area contributed by atoms with Crippen molar-refractivity contribution in [2.45, 2.75) is 12.8 Å². The summed E-state index contributed by atoms with van der Waals surface area (Å²) in [5.74, 6) is 1.88. The van der Waals surface area contributed by atoms with Crippen LogP contribution in [-0.4, -0.2) is 23.6 Å². The van der Waals surface area contributed by atoms with Crippen LogP contribution in [0.15, 0.2) is 65.2 Å². The summed E-state index contributed by atoms with van der Waals surface area (Å²) in [4.78, 5) is 0. The van der Waals surface area contributed by atoms with Crippen LogP contribution in [0.25, 0.3) is 11.3 Å². The average Bonchev–Trinajstić information content (AvgIpc) is 3.08. The maximum absolute atomic E-state index is 5.66. The fourth-order valence-electron chi connectivity index (χ4n) is 2.12. The molecule has 23 heavy (non-hydrogen) atoms. The third-order valence-corrected chi connectivity index (χ3v) is 3.28. The van der Waals surface area contributed by atoms with Crippen molar-refractivity contribution in [1.29, 1.82) is 0 Å². The number of unbranched alkanes of at least 4 members (excludes halogenated alkanes) is 1. The molecule has 1 aromatic heterocycles. The Kier molecular flexibility index (Phi) is 5.24. The van der Waals surface area contributed by atoms with E-state index in [-0.39, 0.29) is 0 Å². The summed E-state index contributed by atoms with van der Waals surface area (Å²) in [6.07, 6.45) is 1.77. The lowest BCUT2D eigenvalue weighted by Gasteiger charge is -2.06. The molecule has 0 aliphatic carbocycles. The van der Waals surface area contributed by atoms with Gasteiger partial charge in [0.1, 0.15) is 5.75 Å². The molecule has 0 spiro atoms. The first-order valence-electron chi connectivity index (χ1n) is 7.62. The number of para-hydroxylation sites is 1. The van der Waals surface area contributed by atoms with Crippen molar-refractivity contribution in [2.24, 2.45) is 0 Å². The van der Waals surface area contributed by atoms with Crippen molar-refractivity contribution < 1.29 is 14.0 Å². The SMILES string of the molecule is c1ccc(OCCCCOc2nnoc2-c2ccccc2)cc1. The van der Waals surface area contributed by atoms with E-state index >= 15 is 0 Å². The number of nitrogens with zero attached hydrogens (tertiary/aromatic N) is 2. The summed E-state index contributed by atoms with van der Waals surface area (Å²) in [6.45, 7) is 1.21. The van der Waals surface area contributed by atoms with Gasteiger partial charge in [-0.25, -0.2) is 0 Å². The van der Waals surface area contributed by atoms with Gasteiger partial charge in [0.25, 0.3) is 5.88 Å². The van der Waals surface area contributed by atoms with Crippen LogP contribution >= 0.6 is 0 Å². The predicted molar refractivity (Wildman–Crippen MR) is 86.4 cm³/mol. The molecule has 0 fully saturated rings. The molecule has 0 aliphatic rings. The molecule has 3 rings (SSSR count). The van der Waals surface area contributed by atoms with Crippen LogP contribution in [0.1, 0.15) is 12.8 Å². The van der Waals surface area contributed by atoms with Crippen LogP contribution in [-0.2, 0) is 0 Å². The van der Waals surface area contributed by atoms with Gasteiger partial charge in [0, 0.05) is 10.8 Å². The first-order chi connectivity index (χ1) is 11.4. The van der Waals surface area contributed by atoms with Gasteiger partial charge in [-0.2, -0.15) is 0 Å². The first-order valence-corrected chi connectivity index (χ1v) is 7.62. The van der Waals surface area contributed by atoms with Crippen LogP contribution in [0.4, 0.5) is 0 Å². The molecule has 0 N–H and O–H groups in total. The van der Waals surface area contributed by atoms with E-state index in [1.54, 1.807) is 0 Å². The Bertz CT molecular complexity index is 699. The number of benzene rings is 2. The second-order valence-corrected chi connectivity index (χ2v) is 4.99. The van der Waals surface area contributed by atoms with Gasteiger partial charge in [-0.05, 0) is 25.0 Å². The normalized spacial score (nSPS) is 10.4. The van der Waals surface area contributed by atoms with E-state index in [0.29, 0.717) is 24.9 Å². The van der Waals surface area contributed by atoms with Crippen LogP contribution in [0.2, 0.25) is 0 Å². The van der Waals surface area contributed by atoms with Crippen molar-refractivity contribution in [3.63, 3.8) is 0 Å². The summed E-state index contributed by atoms with van der Waals surface area (Å²) in [6, 6.07) is 19.5. The summed E-state index contributed by atoms with van der Waals surface area (Å²) in [5.41, 5.74) is 0.903. The molecule has 0 unspecified atom stereocenters. The van der Waals surface area contributed by atoms with Crippen LogP contribution in [0, 0.1) is 0 Å². The Morgan fingerprint density at radius 2 is 1.43 bits per heavy atom. The third-order valence-electron chi connectivity index (χ3n) is 3.28. The Morgan fingerprint density at radius 3 is 2.17 bits per heavy atom. The third kappa shape index (κ3) is 4.32. The largest absolute Gasteiger partial charge is 0.494 e. The molecular weight excluding hydrogens is 292 g/mol. The van der Waals surface area contributed by atoms with Crippen LogP contribution in [0.5, 0.6) is 11.6 Å². The van der Waals surface area contributed by atoms with Gasteiger partial charge in [-0.15, -0.1) is 0 Å². The zero-order valence-electron chi connectivity index (χ0n) is 12.7. The molecule has 2 aromatic carbocycles. The van der Waals surface area contributed by atoms with Crippen molar-refractivity contribution in [1.82, 2.24) is 10.4 Å². The molecule has 0 saturated carbocycles. The van der Waals surface area contributed by atoms with E-state index in [2.05, 4.69) is 10.4 Å². The van der Waals surface area contributed by atoms with Crippen molar-refractivity contribution in [3.05, 3.63) is 60.7 Å². The maximum Gasteiger partial charge on any atom is 0.283 e.